The molecule has 1 aliphatic rings. The van der Waals surface area contributed by atoms with Gasteiger partial charge in [-0.2, -0.15) is 0 Å². The summed E-state index contributed by atoms with van der Waals surface area (Å²) < 4.78 is 31.0. The lowest BCUT2D eigenvalue weighted by molar-refractivity contribution is 0.392. The van der Waals surface area contributed by atoms with Gasteiger partial charge in [0.1, 0.15) is 17.2 Å². The molecule has 6 nitrogen and oxygen atoms in total. The van der Waals surface area contributed by atoms with Crippen molar-refractivity contribution in [2.45, 2.75) is 38.0 Å². The highest BCUT2D eigenvalue weighted by atomic mass is 32.2. The van der Waals surface area contributed by atoms with Gasteiger partial charge in [0.15, 0.2) is 0 Å². The number of aromatic nitrogens is 1. The van der Waals surface area contributed by atoms with Gasteiger partial charge in [-0.05, 0) is 32.7 Å². The van der Waals surface area contributed by atoms with Crippen molar-refractivity contribution in [1.29, 1.82) is 0 Å². The first-order chi connectivity index (χ1) is 8.55. The topological polar surface area (TPSA) is 84.2 Å². The third-order valence-electron chi connectivity index (χ3n) is 2.99. The zero-order chi connectivity index (χ0) is 13.0. The largest absolute Gasteiger partial charge is 0.361 e. The summed E-state index contributed by atoms with van der Waals surface area (Å²) in [6.07, 6.45) is 3.14. The molecule has 1 saturated heterocycles. The summed E-state index contributed by atoms with van der Waals surface area (Å²) in [5.41, 5.74) is 0.444. The number of aryl methyl sites for hydroxylation is 1. The highest BCUT2D eigenvalue weighted by molar-refractivity contribution is 7.88. The van der Waals surface area contributed by atoms with Crippen molar-refractivity contribution < 1.29 is 12.9 Å². The van der Waals surface area contributed by atoms with Gasteiger partial charge in [0.25, 0.3) is 0 Å². The zero-order valence-electron chi connectivity index (χ0n) is 10.5. The molecule has 1 fully saturated rings. The minimum Gasteiger partial charge on any atom is -0.361 e. The minimum atomic E-state index is -3.31. The number of rotatable bonds is 6. The Morgan fingerprint density at radius 3 is 3.06 bits per heavy atom. The maximum Gasteiger partial charge on any atom is 0.217 e. The van der Waals surface area contributed by atoms with E-state index < -0.39 is 10.0 Å². The molecule has 1 atom stereocenters. The summed E-state index contributed by atoms with van der Waals surface area (Å²) in [7, 11) is -3.31. The first-order valence-corrected chi connectivity index (χ1v) is 7.83. The molecule has 0 aliphatic carbocycles. The van der Waals surface area contributed by atoms with Gasteiger partial charge in [-0.25, -0.2) is 13.1 Å². The van der Waals surface area contributed by atoms with Gasteiger partial charge < -0.3 is 9.84 Å². The summed E-state index contributed by atoms with van der Waals surface area (Å²) in [6.45, 7) is 3.24. The van der Waals surface area contributed by atoms with E-state index in [1.54, 1.807) is 13.0 Å². The molecule has 1 aliphatic heterocycles. The van der Waals surface area contributed by atoms with Gasteiger partial charge in [-0.3, -0.25) is 0 Å². The average molecular weight is 273 g/mol. The van der Waals surface area contributed by atoms with Crippen LogP contribution >= 0.6 is 0 Å². The average Bonchev–Trinajstić information content (AvgIpc) is 2.89. The number of nitrogens with zero attached hydrogens (tertiary/aromatic N) is 1. The van der Waals surface area contributed by atoms with E-state index >= 15 is 0 Å². The molecule has 1 aromatic heterocycles. The highest BCUT2D eigenvalue weighted by Gasteiger charge is 2.17. The Morgan fingerprint density at radius 1 is 1.61 bits per heavy atom. The second-order valence-electron chi connectivity index (χ2n) is 4.66. The van der Waals surface area contributed by atoms with Crippen LogP contribution in [0.1, 0.15) is 30.7 Å². The molecule has 0 unspecified atom stereocenters. The fourth-order valence-corrected chi connectivity index (χ4v) is 3.18. The van der Waals surface area contributed by atoms with Crippen molar-refractivity contribution >= 4 is 10.0 Å². The van der Waals surface area contributed by atoms with Crippen molar-refractivity contribution in [2.75, 3.05) is 13.1 Å². The van der Waals surface area contributed by atoms with Gasteiger partial charge in [0, 0.05) is 18.7 Å². The van der Waals surface area contributed by atoms with Crippen LogP contribution in [-0.2, 0) is 15.8 Å². The summed E-state index contributed by atoms with van der Waals surface area (Å²) in [5.74, 6) is 0.498. The Labute approximate surface area is 107 Å². The van der Waals surface area contributed by atoms with E-state index in [1.807, 2.05) is 0 Å². The number of nitrogens with one attached hydrogen (secondary N) is 2. The van der Waals surface area contributed by atoms with Crippen LogP contribution in [0.5, 0.6) is 0 Å². The van der Waals surface area contributed by atoms with Crippen LogP contribution in [0, 0.1) is 6.92 Å². The van der Waals surface area contributed by atoms with Crippen molar-refractivity contribution in [3.05, 3.63) is 17.5 Å². The molecule has 0 amide bonds. The van der Waals surface area contributed by atoms with Crippen LogP contribution in [0.4, 0.5) is 0 Å². The number of hydrogen-bond acceptors (Lipinski definition) is 5. The lowest BCUT2D eigenvalue weighted by Gasteiger charge is -2.10. The van der Waals surface area contributed by atoms with Crippen LogP contribution in [-0.4, -0.2) is 32.7 Å². The highest BCUT2D eigenvalue weighted by Crippen LogP contribution is 2.09. The predicted octanol–water partition coefficient (Wildman–Crippen LogP) is 0.545. The Kier molecular flexibility index (Phi) is 4.36. The molecule has 2 rings (SSSR count). The third-order valence-corrected chi connectivity index (χ3v) is 4.31. The van der Waals surface area contributed by atoms with Gasteiger partial charge in [-0.15, -0.1) is 0 Å². The van der Waals surface area contributed by atoms with E-state index in [0.29, 0.717) is 24.0 Å². The van der Waals surface area contributed by atoms with Crippen molar-refractivity contribution in [2.24, 2.45) is 0 Å². The van der Waals surface area contributed by atoms with Gasteiger partial charge in [-0.1, -0.05) is 5.16 Å². The van der Waals surface area contributed by atoms with E-state index in [1.165, 1.54) is 6.42 Å². The van der Waals surface area contributed by atoms with Crippen molar-refractivity contribution in [3.8, 4) is 0 Å². The van der Waals surface area contributed by atoms with E-state index in [-0.39, 0.29) is 5.75 Å². The monoisotopic (exact) mass is 273 g/mol. The normalized spacial score (nSPS) is 20.4. The third kappa shape index (κ3) is 4.08. The molecule has 2 N–H and O–H groups in total. The maximum absolute atomic E-state index is 11.8. The van der Waals surface area contributed by atoms with Crippen LogP contribution in [0.2, 0.25) is 0 Å². The van der Waals surface area contributed by atoms with E-state index in [0.717, 1.165) is 19.4 Å². The molecule has 2 heterocycles. The first kappa shape index (κ1) is 13.5. The molecular weight excluding hydrogens is 254 g/mol. The van der Waals surface area contributed by atoms with Crippen LogP contribution in [0.3, 0.4) is 0 Å². The van der Waals surface area contributed by atoms with Gasteiger partial charge >= 0.3 is 0 Å². The summed E-state index contributed by atoms with van der Waals surface area (Å²) >= 11 is 0. The Balaban J connectivity index is 1.76. The number of hydrogen-bond donors (Lipinski definition) is 2. The molecule has 7 heteroatoms. The van der Waals surface area contributed by atoms with Gasteiger partial charge in [0.05, 0.1) is 0 Å². The summed E-state index contributed by atoms with van der Waals surface area (Å²) in [4.78, 5) is 0. The Bertz CT molecular complexity index is 477. The maximum atomic E-state index is 11.8. The van der Waals surface area contributed by atoms with Gasteiger partial charge in [0.2, 0.25) is 10.0 Å². The van der Waals surface area contributed by atoms with Crippen LogP contribution in [0.25, 0.3) is 0 Å². The summed E-state index contributed by atoms with van der Waals surface area (Å²) in [5, 5.41) is 7.01. The quantitative estimate of drug-likeness (QED) is 0.790. The SMILES string of the molecule is Cc1cc(CS(=O)(=O)NCC[C@H]2CCCN2)no1. The Morgan fingerprint density at radius 2 is 2.44 bits per heavy atom. The van der Waals surface area contributed by atoms with E-state index in [9.17, 15) is 8.42 Å². The summed E-state index contributed by atoms with van der Waals surface area (Å²) in [6, 6.07) is 2.08. The molecule has 0 radical (unpaired) electrons. The van der Waals surface area contributed by atoms with E-state index in [2.05, 4.69) is 15.2 Å². The zero-order valence-corrected chi connectivity index (χ0v) is 11.3. The molecular formula is C11H19N3O3S. The lowest BCUT2D eigenvalue weighted by Crippen LogP contribution is -2.31. The molecule has 1 aromatic rings. The minimum absolute atomic E-state index is 0.123. The lowest BCUT2D eigenvalue weighted by atomic mass is 10.2. The molecule has 18 heavy (non-hydrogen) atoms. The van der Waals surface area contributed by atoms with Crippen molar-refractivity contribution in [1.82, 2.24) is 15.2 Å². The predicted molar refractivity (Wildman–Crippen MR) is 67.5 cm³/mol. The second-order valence-corrected chi connectivity index (χ2v) is 6.47. The van der Waals surface area contributed by atoms with Crippen molar-refractivity contribution in [3.63, 3.8) is 0 Å². The Hall–Kier alpha value is -0.920. The van der Waals surface area contributed by atoms with Crippen LogP contribution < -0.4 is 10.0 Å². The molecule has 0 bridgehead atoms. The molecule has 0 spiro atoms. The molecule has 0 aromatic carbocycles. The molecule has 0 saturated carbocycles. The second kappa shape index (κ2) is 5.81. The fraction of sp³-hybridized carbons (Fsp3) is 0.727. The van der Waals surface area contributed by atoms with E-state index in [4.69, 9.17) is 4.52 Å². The smallest absolute Gasteiger partial charge is 0.217 e. The van der Waals surface area contributed by atoms with Crippen LogP contribution in [0.15, 0.2) is 10.6 Å². The fourth-order valence-electron chi connectivity index (χ4n) is 2.12. The first-order valence-electron chi connectivity index (χ1n) is 6.18. The molecule has 102 valence electrons. The number of sulfonamides is 1. The standard InChI is InChI=1S/C11H19N3O3S/c1-9-7-11(14-17-9)8-18(15,16)13-6-4-10-3-2-5-12-10/h7,10,12-13H,2-6,8H2,1H3/t10-/m1/s1.